The predicted molar refractivity (Wildman–Crippen MR) is 105 cm³/mol. The van der Waals surface area contributed by atoms with E-state index < -0.39 is 5.97 Å². The summed E-state index contributed by atoms with van der Waals surface area (Å²) in [5.74, 6) is 0.497. The van der Waals surface area contributed by atoms with Crippen molar-refractivity contribution in [1.29, 1.82) is 0 Å². The summed E-state index contributed by atoms with van der Waals surface area (Å²) in [6, 6.07) is 0. The van der Waals surface area contributed by atoms with E-state index in [9.17, 15) is 4.79 Å². The summed E-state index contributed by atoms with van der Waals surface area (Å²) >= 11 is 0. The second kappa shape index (κ2) is 13.2. The molecule has 1 rings (SSSR count). The molecule has 4 unspecified atom stereocenters. The van der Waals surface area contributed by atoms with Crippen molar-refractivity contribution in [3.8, 4) is 0 Å². The molecule has 0 amide bonds. The third kappa shape index (κ3) is 9.25. The van der Waals surface area contributed by atoms with Gasteiger partial charge in [-0.2, -0.15) is 0 Å². The lowest BCUT2D eigenvalue weighted by Gasteiger charge is -2.15. The van der Waals surface area contributed by atoms with Crippen LogP contribution in [-0.4, -0.2) is 23.3 Å². The Hall–Kier alpha value is -1.09. The summed E-state index contributed by atoms with van der Waals surface area (Å²) in [7, 11) is 0. The third-order valence-electron chi connectivity index (χ3n) is 5.54. The standard InChI is InChI=1S/C22H38O3/c1-4-5-12-15-20-18(2)19(3)21(25-20)16-13-10-8-6-7-9-11-14-17-22(23)24/h9,11,14,17-21H,4-8,10,12-13,15-16H2,1-3H3,(H,23,24). The van der Waals surface area contributed by atoms with Crippen LogP contribution in [-0.2, 0) is 9.53 Å². The first-order chi connectivity index (χ1) is 12.1. The van der Waals surface area contributed by atoms with Crippen LogP contribution in [0.15, 0.2) is 24.3 Å². The van der Waals surface area contributed by atoms with Crippen LogP contribution in [0.5, 0.6) is 0 Å². The first-order valence-electron chi connectivity index (χ1n) is 10.3. The Morgan fingerprint density at radius 3 is 2.12 bits per heavy atom. The Labute approximate surface area is 154 Å². The molecule has 3 heteroatoms. The van der Waals surface area contributed by atoms with E-state index in [4.69, 9.17) is 9.84 Å². The summed E-state index contributed by atoms with van der Waals surface area (Å²) in [6.07, 6.45) is 19.9. The molecular formula is C22H38O3. The molecule has 1 heterocycles. The van der Waals surface area contributed by atoms with E-state index in [1.54, 1.807) is 6.08 Å². The van der Waals surface area contributed by atoms with Gasteiger partial charge in [0.25, 0.3) is 0 Å². The van der Waals surface area contributed by atoms with E-state index >= 15 is 0 Å². The molecule has 0 aromatic heterocycles. The van der Waals surface area contributed by atoms with Gasteiger partial charge >= 0.3 is 5.97 Å². The van der Waals surface area contributed by atoms with E-state index in [2.05, 4.69) is 20.8 Å². The molecule has 0 aliphatic carbocycles. The lowest BCUT2D eigenvalue weighted by Crippen LogP contribution is -2.16. The highest BCUT2D eigenvalue weighted by atomic mass is 16.5. The summed E-state index contributed by atoms with van der Waals surface area (Å²) in [5, 5.41) is 8.48. The van der Waals surface area contributed by atoms with Crippen LogP contribution < -0.4 is 0 Å². The molecule has 0 aromatic rings. The number of hydrogen-bond acceptors (Lipinski definition) is 2. The fourth-order valence-corrected chi connectivity index (χ4v) is 3.68. The van der Waals surface area contributed by atoms with Crippen LogP contribution in [0.2, 0.25) is 0 Å². The molecule has 0 spiro atoms. The lowest BCUT2D eigenvalue weighted by molar-refractivity contribution is -0.131. The Morgan fingerprint density at radius 1 is 0.920 bits per heavy atom. The van der Waals surface area contributed by atoms with E-state index in [1.807, 2.05) is 12.2 Å². The van der Waals surface area contributed by atoms with Crippen molar-refractivity contribution in [2.45, 2.75) is 97.2 Å². The number of allylic oxidation sites excluding steroid dienone is 3. The van der Waals surface area contributed by atoms with Crippen LogP contribution >= 0.6 is 0 Å². The van der Waals surface area contributed by atoms with Gasteiger partial charge in [0, 0.05) is 6.08 Å². The molecule has 3 nitrogen and oxygen atoms in total. The number of carboxylic acid groups (broad SMARTS) is 1. The molecule has 1 N–H and O–H groups in total. The van der Waals surface area contributed by atoms with Crippen LogP contribution in [0, 0.1) is 11.8 Å². The monoisotopic (exact) mass is 350 g/mol. The van der Waals surface area contributed by atoms with Gasteiger partial charge in [0.15, 0.2) is 0 Å². The van der Waals surface area contributed by atoms with Gasteiger partial charge in [-0.25, -0.2) is 4.79 Å². The molecule has 0 aromatic carbocycles. The summed E-state index contributed by atoms with van der Waals surface area (Å²) in [5.41, 5.74) is 0. The average Bonchev–Trinajstić information content (AvgIpc) is 2.84. The highest BCUT2D eigenvalue weighted by molar-refractivity contribution is 5.80. The maximum absolute atomic E-state index is 10.3. The molecular weight excluding hydrogens is 312 g/mol. The van der Waals surface area contributed by atoms with Gasteiger partial charge in [0.2, 0.25) is 0 Å². The van der Waals surface area contributed by atoms with E-state index in [1.165, 1.54) is 57.8 Å². The number of carboxylic acids is 1. The van der Waals surface area contributed by atoms with Gasteiger partial charge in [0.05, 0.1) is 12.2 Å². The molecule has 0 bridgehead atoms. The number of carbonyl (C=O) groups is 1. The smallest absolute Gasteiger partial charge is 0.328 e. The highest BCUT2D eigenvalue weighted by Gasteiger charge is 2.37. The number of hydrogen-bond donors (Lipinski definition) is 1. The molecule has 1 aliphatic heterocycles. The fraction of sp³-hybridized carbons (Fsp3) is 0.773. The molecule has 144 valence electrons. The minimum Gasteiger partial charge on any atom is -0.478 e. The van der Waals surface area contributed by atoms with Gasteiger partial charge in [0.1, 0.15) is 0 Å². The maximum Gasteiger partial charge on any atom is 0.328 e. The van der Waals surface area contributed by atoms with Crippen LogP contribution in [0.3, 0.4) is 0 Å². The molecule has 25 heavy (non-hydrogen) atoms. The summed E-state index contributed by atoms with van der Waals surface area (Å²) in [6.45, 7) is 6.99. The molecule has 4 atom stereocenters. The Balaban J connectivity index is 2.08. The number of rotatable bonds is 13. The van der Waals surface area contributed by atoms with Crippen LogP contribution in [0.4, 0.5) is 0 Å². The van der Waals surface area contributed by atoms with Crippen molar-refractivity contribution in [3.05, 3.63) is 24.3 Å². The normalized spacial score (nSPS) is 26.8. The Morgan fingerprint density at radius 2 is 1.52 bits per heavy atom. The van der Waals surface area contributed by atoms with Crippen molar-refractivity contribution in [2.24, 2.45) is 11.8 Å². The van der Waals surface area contributed by atoms with Crippen molar-refractivity contribution in [3.63, 3.8) is 0 Å². The number of unbranched alkanes of at least 4 members (excludes halogenated alkanes) is 6. The van der Waals surface area contributed by atoms with E-state index in [0.29, 0.717) is 24.0 Å². The van der Waals surface area contributed by atoms with Gasteiger partial charge in [-0.05, 0) is 37.5 Å². The fourth-order valence-electron chi connectivity index (χ4n) is 3.68. The molecule has 1 saturated heterocycles. The number of aliphatic carboxylic acids is 1. The average molecular weight is 351 g/mol. The second-order valence-electron chi connectivity index (χ2n) is 7.54. The lowest BCUT2D eigenvalue weighted by atomic mass is 9.87. The third-order valence-corrected chi connectivity index (χ3v) is 5.54. The zero-order chi connectivity index (χ0) is 18.5. The Kier molecular flexibility index (Phi) is 11.6. The van der Waals surface area contributed by atoms with Crippen molar-refractivity contribution in [2.75, 3.05) is 0 Å². The SMILES string of the molecule is CCCCCC1OC(CCCCCCC=CC=CC(=O)O)C(C)C1C. The topological polar surface area (TPSA) is 46.5 Å². The minimum absolute atomic E-state index is 0.461. The van der Waals surface area contributed by atoms with Crippen LogP contribution in [0.1, 0.15) is 85.0 Å². The maximum atomic E-state index is 10.3. The van der Waals surface area contributed by atoms with Gasteiger partial charge < -0.3 is 9.84 Å². The largest absolute Gasteiger partial charge is 0.478 e. The van der Waals surface area contributed by atoms with Crippen molar-refractivity contribution < 1.29 is 14.6 Å². The molecule has 0 saturated carbocycles. The van der Waals surface area contributed by atoms with Gasteiger partial charge in [-0.15, -0.1) is 0 Å². The molecule has 1 aliphatic rings. The van der Waals surface area contributed by atoms with Crippen molar-refractivity contribution in [1.82, 2.24) is 0 Å². The zero-order valence-corrected chi connectivity index (χ0v) is 16.5. The van der Waals surface area contributed by atoms with Gasteiger partial charge in [-0.1, -0.05) is 77.5 Å². The predicted octanol–water partition coefficient (Wildman–Crippen LogP) is 6.14. The summed E-state index contributed by atoms with van der Waals surface area (Å²) < 4.78 is 6.36. The Bertz CT molecular complexity index is 413. The zero-order valence-electron chi connectivity index (χ0n) is 16.5. The summed E-state index contributed by atoms with van der Waals surface area (Å²) in [4.78, 5) is 10.3. The van der Waals surface area contributed by atoms with E-state index in [-0.39, 0.29) is 0 Å². The second-order valence-corrected chi connectivity index (χ2v) is 7.54. The quantitative estimate of drug-likeness (QED) is 0.246. The molecule has 0 radical (unpaired) electrons. The minimum atomic E-state index is -0.894. The van der Waals surface area contributed by atoms with E-state index in [0.717, 1.165) is 12.5 Å². The van der Waals surface area contributed by atoms with Gasteiger partial charge in [-0.3, -0.25) is 0 Å². The number of ether oxygens (including phenoxy) is 1. The highest BCUT2D eigenvalue weighted by Crippen LogP contribution is 2.37. The van der Waals surface area contributed by atoms with Crippen molar-refractivity contribution >= 4 is 5.97 Å². The molecule has 1 fully saturated rings. The first kappa shape index (κ1) is 22.0. The van der Waals surface area contributed by atoms with Crippen LogP contribution in [0.25, 0.3) is 0 Å². The first-order valence-corrected chi connectivity index (χ1v) is 10.3.